The van der Waals surface area contributed by atoms with Gasteiger partial charge in [-0.1, -0.05) is 146 Å². The van der Waals surface area contributed by atoms with Crippen LogP contribution in [-0.2, 0) is 9.59 Å². The molecule has 0 unspecified atom stereocenters. The molecule has 0 radical (unpaired) electrons. The Morgan fingerprint density at radius 1 is 0.381 bits per heavy atom. The van der Waals surface area contributed by atoms with Gasteiger partial charge in [0, 0.05) is 65.2 Å². The molecule has 0 bridgehead atoms. The van der Waals surface area contributed by atoms with E-state index in [1.807, 2.05) is 34.1 Å². The first kappa shape index (κ1) is 42.8. The lowest BCUT2D eigenvalue weighted by molar-refractivity contribution is -0.117. The van der Waals surface area contributed by atoms with E-state index in [0.29, 0.717) is 81.3 Å². The SMILES string of the molecule is O=C(CCCC(=O)Nc1ccccc1C(=O)N1CCN(C(c2ccccc2)c2ccccc2)CC1)Nc1ccccc1C(=O)N1CCN(C(c2ccccc2)c2ccccc2)CC1. The van der Waals surface area contributed by atoms with Crippen LogP contribution in [0, 0.1) is 0 Å². The molecule has 2 aliphatic heterocycles. The largest absolute Gasteiger partial charge is 0.336 e. The van der Waals surface area contributed by atoms with Crippen LogP contribution >= 0.6 is 0 Å². The lowest BCUT2D eigenvalue weighted by atomic mass is 9.96. The number of carbonyl (C=O) groups excluding carboxylic acids is 4. The number of nitrogens with one attached hydrogen (secondary N) is 2. The van der Waals surface area contributed by atoms with Crippen molar-refractivity contribution in [3.05, 3.63) is 203 Å². The molecule has 4 amide bonds. The summed E-state index contributed by atoms with van der Waals surface area (Å²) in [6.07, 6.45) is 0.474. The summed E-state index contributed by atoms with van der Waals surface area (Å²) < 4.78 is 0. The van der Waals surface area contributed by atoms with Crippen molar-refractivity contribution >= 4 is 35.0 Å². The van der Waals surface area contributed by atoms with Gasteiger partial charge < -0.3 is 20.4 Å². The number of hydrogen-bond donors (Lipinski definition) is 2. The number of piperazine rings is 2. The maximum atomic E-state index is 13.9. The molecule has 10 heteroatoms. The molecule has 63 heavy (non-hydrogen) atoms. The Kier molecular flexibility index (Phi) is 14.1. The van der Waals surface area contributed by atoms with E-state index < -0.39 is 0 Å². The molecule has 6 aromatic carbocycles. The van der Waals surface area contributed by atoms with Gasteiger partial charge in [-0.05, 0) is 52.9 Å². The first-order valence-corrected chi connectivity index (χ1v) is 22.0. The average molecular weight is 839 g/mol. The number of amides is 4. The zero-order valence-electron chi connectivity index (χ0n) is 35.5. The second-order valence-electron chi connectivity index (χ2n) is 16.1. The monoisotopic (exact) mass is 838 g/mol. The normalized spacial score (nSPS) is 14.7. The molecule has 2 N–H and O–H groups in total. The molecule has 320 valence electrons. The van der Waals surface area contributed by atoms with Gasteiger partial charge in [0.2, 0.25) is 11.8 Å². The van der Waals surface area contributed by atoms with Gasteiger partial charge >= 0.3 is 0 Å². The van der Waals surface area contributed by atoms with E-state index in [2.05, 4.69) is 117 Å². The van der Waals surface area contributed by atoms with Gasteiger partial charge in [-0.3, -0.25) is 29.0 Å². The molecule has 8 rings (SSSR count). The third kappa shape index (κ3) is 10.6. The van der Waals surface area contributed by atoms with E-state index in [9.17, 15) is 19.2 Å². The molecule has 2 heterocycles. The molecule has 0 atom stereocenters. The Bertz CT molecular complexity index is 2200. The first-order chi connectivity index (χ1) is 30.9. The van der Waals surface area contributed by atoms with Crippen molar-refractivity contribution in [1.29, 1.82) is 0 Å². The quantitative estimate of drug-likeness (QED) is 0.114. The number of nitrogens with zero attached hydrogens (tertiary/aromatic N) is 4. The summed E-state index contributed by atoms with van der Waals surface area (Å²) >= 11 is 0. The number of carbonyl (C=O) groups is 4. The third-order valence-corrected chi connectivity index (χ3v) is 12.1. The van der Waals surface area contributed by atoms with E-state index in [4.69, 9.17) is 0 Å². The van der Waals surface area contributed by atoms with Gasteiger partial charge in [-0.25, -0.2) is 0 Å². The van der Waals surface area contributed by atoms with Crippen molar-refractivity contribution in [3.8, 4) is 0 Å². The van der Waals surface area contributed by atoms with Gasteiger partial charge in [0.1, 0.15) is 0 Å². The molecule has 10 nitrogen and oxygen atoms in total. The van der Waals surface area contributed by atoms with Crippen molar-refractivity contribution in [3.63, 3.8) is 0 Å². The lowest BCUT2D eigenvalue weighted by Crippen LogP contribution is -2.50. The molecule has 0 aliphatic carbocycles. The first-order valence-electron chi connectivity index (χ1n) is 22.0. The van der Waals surface area contributed by atoms with Gasteiger partial charge in [0.15, 0.2) is 0 Å². The van der Waals surface area contributed by atoms with Gasteiger partial charge in [0.05, 0.1) is 34.6 Å². The molecule has 2 saturated heterocycles. The molecule has 2 fully saturated rings. The molecule has 0 saturated carbocycles. The summed E-state index contributed by atoms with van der Waals surface area (Å²) in [5.74, 6) is -0.810. The maximum Gasteiger partial charge on any atom is 0.256 e. The lowest BCUT2D eigenvalue weighted by Gasteiger charge is -2.40. The van der Waals surface area contributed by atoms with E-state index in [-0.39, 0.29) is 48.6 Å². The Labute approximate surface area is 370 Å². The van der Waals surface area contributed by atoms with Crippen LogP contribution in [0.3, 0.4) is 0 Å². The minimum atomic E-state index is -0.280. The van der Waals surface area contributed by atoms with Crippen molar-refractivity contribution < 1.29 is 19.2 Å². The summed E-state index contributed by atoms with van der Waals surface area (Å²) in [4.78, 5) is 62.8. The third-order valence-electron chi connectivity index (χ3n) is 12.1. The molecular weight excluding hydrogens is 785 g/mol. The highest BCUT2D eigenvalue weighted by Gasteiger charge is 2.31. The number of rotatable bonds is 14. The van der Waals surface area contributed by atoms with Crippen molar-refractivity contribution in [1.82, 2.24) is 19.6 Å². The Hall–Kier alpha value is -6.88. The highest BCUT2D eigenvalue weighted by atomic mass is 16.2. The fraction of sp³-hybridized carbons (Fsp3) is 0.245. The zero-order valence-corrected chi connectivity index (χ0v) is 35.5. The molecule has 0 spiro atoms. The Balaban J connectivity index is 0.817. The van der Waals surface area contributed by atoms with Crippen molar-refractivity contribution in [2.45, 2.75) is 31.3 Å². The second-order valence-corrected chi connectivity index (χ2v) is 16.1. The topological polar surface area (TPSA) is 105 Å². The van der Waals surface area contributed by atoms with Gasteiger partial charge in [-0.2, -0.15) is 0 Å². The highest BCUT2D eigenvalue weighted by molar-refractivity contribution is 6.05. The van der Waals surface area contributed by atoms with E-state index in [1.54, 1.807) is 48.5 Å². The van der Waals surface area contributed by atoms with Crippen LogP contribution in [0.2, 0.25) is 0 Å². The van der Waals surface area contributed by atoms with Crippen molar-refractivity contribution in [2.75, 3.05) is 63.0 Å². The van der Waals surface area contributed by atoms with Gasteiger partial charge in [-0.15, -0.1) is 0 Å². The Morgan fingerprint density at radius 2 is 0.667 bits per heavy atom. The average Bonchev–Trinajstić information content (AvgIpc) is 3.33. The predicted molar refractivity (Wildman–Crippen MR) is 248 cm³/mol. The second kappa shape index (κ2) is 20.8. The molecule has 2 aliphatic rings. The summed E-state index contributed by atoms with van der Waals surface area (Å²) in [5, 5.41) is 5.86. The summed E-state index contributed by atoms with van der Waals surface area (Å²) in [5.41, 5.74) is 6.64. The minimum Gasteiger partial charge on any atom is -0.336 e. The molecule has 0 aromatic heterocycles. The van der Waals surface area contributed by atoms with Crippen LogP contribution < -0.4 is 10.6 Å². The fourth-order valence-electron chi connectivity index (χ4n) is 8.87. The van der Waals surface area contributed by atoms with Crippen molar-refractivity contribution in [2.24, 2.45) is 0 Å². The van der Waals surface area contributed by atoms with Crippen LogP contribution in [0.5, 0.6) is 0 Å². The predicted octanol–water partition coefficient (Wildman–Crippen LogP) is 8.53. The summed E-state index contributed by atoms with van der Waals surface area (Å²) in [6, 6.07) is 56.2. The number of anilines is 2. The van der Waals surface area contributed by atoms with Gasteiger partial charge in [0.25, 0.3) is 11.8 Å². The van der Waals surface area contributed by atoms with Crippen LogP contribution in [0.4, 0.5) is 11.4 Å². The van der Waals surface area contributed by atoms with E-state index >= 15 is 0 Å². The van der Waals surface area contributed by atoms with Crippen LogP contribution in [-0.4, -0.2) is 95.6 Å². The van der Waals surface area contributed by atoms with Crippen LogP contribution in [0.15, 0.2) is 170 Å². The smallest absolute Gasteiger partial charge is 0.256 e. The molecule has 6 aromatic rings. The van der Waals surface area contributed by atoms with Crippen LogP contribution in [0.25, 0.3) is 0 Å². The highest BCUT2D eigenvalue weighted by Crippen LogP contribution is 2.32. The van der Waals surface area contributed by atoms with Crippen LogP contribution in [0.1, 0.15) is 74.3 Å². The summed E-state index contributed by atoms with van der Waals surface area (Å²) in [6.45, 7) is 5.05. The summed E-state index contributed by atoms with van der Waals surface area (Å²) in [7, 11) is 0. The van der Waals surface area contributed by atoms with E-state index in [1.165, 1.54) is 22.3 Å². The minimum absolute atomic E-state index is 0.0851. The fourth-order valence-corrected chi connectivity index (χ4v) is 8.87. The standard InChI is InChI=1S/C53H54N6O4/c60-48(54-46-28-15-13-26-44(46)52(62)58-36-32-56(33-37-58)50(40-18-5-1-6-19-40)41-20-7-2-8-21-41)30-17-31-49(61)55-47-29-16-14-27-45(47)53(63)59-38-34-57(35-39-59)51(42-22-9-3-10-23-42)43-24-11-4-12-25-43/h1-16,18-29,50-51H,17,30-39H2,(H,54,60)(H,55,61). The molecular formula is C53H54N6O4. The zero-order chi connectivity index (χ0) is 43.4. The number of para-hydroxylation sites is 2. The maximum absolute atomic E-state index is 13.9. The number of hydrogen-bond acceptors (Lipinski definition) is 6. The Morgan fingerprint density at radius 3 is 0.984 bits per heavy atom. The van der Waals surface area contributed by atoms with E-state index in [0.717, 1.165) is 0 Å². The number of benzene rings is 6.